The minimum atomic E-state index is -0.166. The first-order chi connectivity index (χ1) is 14.6. The highest BCUT2D eigenvalue weighted by Gasteiger charge is 2.32. The summed E-state index contributed by atoms with van der Waals surface area (Å²) < 4.78 is 1.32. The highest BCUT2D eigenvalue weighted by molar-refractivity contribution is 5.80. The first-order valence-electron chi connectivity index (χ1n) is 10.4. The summed E-state index contributed by atoms with van der Waals surface area (Å²) in [5.74, 6) is 1.13. The van der Waals surface area contributed by atoms with Gasteiger partial charge in [0.2, 0.25) is 0 Å². The predicted octanol–water partition coefficient (Wildman–Crippen LogP) is 1.77. The Bertz CT molecular complexity index is 1130. The van der Waals surface area contributed by atoms with E-state index in [-0.39, 0.29) is 5.56 Å². The topological polar surface area (TPSA) is 93.2 Å². The Morgan fingerprint density at radius 1 is 1.00 bits per heavy atom. The van der Waals surface area contributed by atoms with E-state index in [4.69, 9.17) is 15.7 Å². The van der Waals surface area contributed by atoms with E-state index in [0.29, 0.717) is 34.8 Å². The molecule has 2 N–H and O–H groups in total. The van der Waals surface area contributed by atoms with E-state index in [2.05, 4.69) is 14.9 Å². The van der Waals surface area contributed by atoms with Crippen molar-refractivity contribution in [1.82, 2.24) is 24.6 Å². The van der Waals surface area contributed by atoms with Gasteiger partial charge in [-0.1, -0.05) is 30.3 Å². The molecule has 1 unspecified atom stereocenters. The average molecular weight is 403 g/mol. The van der Waals surface area contributed by atoms with E-state index in [1.807, 2.05) is 30.3 Å². The number of nitrogens with two attached hydrogens (primary N) is 1. The van der Waals surface area contributed by atoms with Gasteiger partial charge in [-0.2, -0.15) is 5.10 Å². The van der Waals surface area contributed by atoms with Crippen LogP contribution < -0.4 is 16.2 Å². The Hall–Kier alpha value is -3.26. The van der Waals surface area contributed by atoms with Gasteiger partial charge in [-0.15, -0.1) is 0 Å². The summed E-state index contributed by atoms with van der Waals surface area (Å²) >= 11 is 0. The summed E-state index contributed by atoms with van der Waals surface area (Å²) in [5.41, 5.74) is 9.07. The molecular formula is C22H25N7O. The molecule has 3 aromatic rings. The molecule has 0 saturated carbocycles. The first-order valence-corrected chi connectivity index (χ1v) is 10.4. The van der Waals surface area contributed by atoms with Crippen LogP contribution >= 0.6 is 0 Å². The number of nitrogen functional groups attached to an aromatic ring is 1. The quantitative estimate of drug-likeness (QED) is 0.712. The van der Waals surface area contributed by atoms with Crippen molar-refractivity contribution in [2.75, 3.05) is 36.8 Å². The number of aryl methyl sites for hydroxylation is 1. The number of fused-ring (bicyclic) bond motifs is 1. The third-order valence-corrected chi connectivity index (χ3v) is 6.04. The zero-order valence-electron chi connectivity index (χ0n) is 17.0. The van der Waals surface area contributed by atoms with Crippen LogP contribution in [0, 0.1) is 0 Å². The van der Waals surface area contributed by atoms with Crippen molar-refractivity contribution in [2.24, 2.45) is 7.05 Å². The predicted molar refractivity (Wildman–Crippen MR) is 117 cm³/mol. The van der Waals surface area contributed by atoms with Crippen LogP contribution in [-0.2, 0) is 7.05 Å². The van der Waals surface area contributed by atoms with Crippen LogP contribution in [-0.4, -0.2) is 56.9 Å². The Morgan fingerprint density at radius 3 is 2.63 bits per heavy atom. The summed E-state index contributed by atoms with van der Waals surface area (Å²) in [6, 6.07) is 13.6. The van der Waals surface area contributed by atoms with E-state index >= 15 is 0 Å². The first kappa shape index (κ1) is 18.7. The number of hydrogen-bond acceptors (Lipinski definition) is 7. The van der Waals surface area contributed by atoms with Crippen molar-refractivity contribution in [3.05, 3.63) is 52.8 Å². The lowest BCUT2D eigenvalue weighted by Crippen LogP contribution is -2.50. The van der Waals surface area contributed by atoms with Crippen molar-refractivity contribution in [3.63, 3.8) is 0 Å². The van der Waals surface area contributed by atoms with Crippen LogP contribution in [0.3, 0.4) is 0 Å². The second kappa shape index (κ2) is 7.53. The maximum atomic E-state index is 11.9. The normalized spacial score (nSPS) is 19.1. The molecule has 0 aliphatic carbocycles. The number of anilines is 2. The van der Waals surface area contributed by atoms with Crippen LogP contribution in [0.15, 0.2) is 47.3 Å². The van der Waals surface area contributed by atoms with Crippen molar-refractivity contribution < 1.29 is 0 Å². The number of piperazine rings is 1. The van der Waals surface area contributed by atoms with Gasteiger partial charge in [-0.3, -0.25) is 9.69 Å². The van der Waals surface area contributed by atoms with Gasteiger partial charge in [0.15, 0.2) is 11.6 Å². The second-order valence-electron chi connectivity index (χ2n) is 7.95. The molecule has 2 saturated heterocycles. The molecule has 2 aliphatic rings. The minimum absolute atomic E-state index is 0.166. The fraction of sp³-hybridized carbons (Fsp3) is 0.364. The molecular weight excluding hydrogens is 378 g/mol. The van der Waals surface area contributed by atoms with Gasteiger partial charge in [-0.05, 0) is 25.5 Å². The smallest absolute Gasteiger partial charge is 0.266 e. The Morgan fingerprint density at radius 2 is 1.83 bits per heavy atom. The summed E-state index contributed by atoms with van der Waals surface area (Å²) in [4.78, 5) is 26.4. The molecule has 4 heterocycles. The van der Waals surface area contributed by atoms with Gasteiger partial charge in [0, 0.05) is 44.4 Å². The lowest BCUT2D eigenvalue weighted by molar-refractivity contribution is 0.230. The monoisotopic (exact) mass is 403 g/mol. The van der Waals surface area contributed by atoms with Gasteiger partial charge in [0.1, 0.15) is 17.1 Å². The van der Waals surface area contributed by atoms with Crippen molar-refractivity contribution in [1.29, 1.82) is 0 Å². The number of aromatic nitrogens is 4. The maximum Gasteiger partial charge on any atom is 0.266 e. The van der Waals surface area contributed by atoms with Crippen LogP contribution in [0.25, 0.3) is 22.6 Å². The fourth-order valence-corrected chi connectivity index (χ4v) is 4.46. The summed E-state index contributed by atoms with van der Waals surface area (Å²) in [7, 11) is 1.64. The standard InChI is InChI=1S/C22H25N7O/c1-27-18(30)10-9-17(26-27)20-19(15-6-3-2-4-7-15)24-21(23)22(25-20)29-13-12-28-11-5-8-16(28)14-29/h2-4,6-7,9-10,16H,5,8,11-14H2,1H3,(H2,23,24). The number of hydrogen-bond donors (Lipinski definition) is 1. The number of rotatable bonds is 3. The Balaban J connectivity index is 1.63. The van der Waals surface area contributed by atoms with Gasteiger partial charge in [-0.25, -0.2) is 14.6 Å². The molecule has 5 rings (SSSR count). The number of benzene rings is 1. The van der Waals surface area contributed by atoms with Crippen LogP contribution in [0.1, 0.15) is 12.8 Å². The Labute approximate surface area is 175 Å². The molecule has 0 bridgehead atoms. The lowest BCUT2D eigenvalue weighted by atomic mass is 10.1. The third-order valence-electron chi connectivity index (χ3n) is 6.04. The molecule has 30 heavy (non-hydrogen) atoms. The van der Waals surface area contributed by atoms with Gasteiger partial charge >= 0.3 is 0 Å². The molecule has 2 fully saturated rings. The summed E-state index contributed by atoms with van der Waals surface area (Å²) in [6.45, 7) is 3.98. The van der Waals surface area contributed by atoms with Crippen molar-refractivity contribution >= 4 is 11.6 Å². The van der Waals surface area contributed by atoms with Crippen molar-refractivity contribution in [2.45, 2.75) is 18.9 Å². The highest BCUT2D eigenvalue weighted by Crippen LogP contribution is 2.34. The molecule has 0 radical (unpaired) electrons. The van der Waals surface area contributed by atoms with E-state index in [9.17, 15) is 4.79 Å². The average Bonchev–Trinajstić information content (AvgIpc) is 3.24. The molecule has 2 aromatic heterocycles. The SMILES string of the molecule is Cn1nc(-c2nc(N3CCN4CCCC4C3)c(N)nc2-c2ccccc2)ccc1=O. The Kier molecular flexibility index (Phi) is 4.71. The molecule has 8 heteroatoms. The molecule has 0 amide bonds. The highest BCUT2D eigenvalue weighted by atomic mass is 16.1. The maximum absolute atomic E-state index is 11.9. The van der Waals surface area contributed by atoms with E-state index in [1.54, 1.807) is 13.1 Å². The molecule has 2 aliphatic heterocycles. The van der Waals surface area contributed by atoms with Crippen LogP contribution in [0.5, 0.6) is 0 Å². The molecule has 1 atom stereocenters. The second-order valence-corrected chi connectivity index (χ2v) is 7.95. The van der Waals surface area contributed by atoms with Crippen LogP contribution in [0.2, 0.25) is 0 Å². The molecule has 1 aromatic carbocycles. The van der Waals surface area contributed by atoms with Gasteiger partial charge in [0.25, 0.3) is 5.56 Å². The van der Waals surface area contributed by atoms with Gasteiger partial charge < -0.3 is 10.6 Å². The summed E-state index contributed by atoms with van der Waals surface area (Å²) in [6.07, 6.45) is 2.46. The number of nitrogens with zero attached hydrogens (tertiary/aromatic N) is 6. The van der Waals surface area contributed by atoms with Crippen molar-refractivity contribution in [3.8, 4) is 22.6 Å². The molecule has 154 valence electrons. The van der Waals surface area contributed by atoms with E-state index in [1.165, 1.54) is 30.1 Å². The summed E-state index contributed by atoms with van der Waals surface area (Å²) in [5, 5.41) is 4.43. The fourth-order valence-electron chi connectivity index (χ4n) is 4.46. The third kappa shape index (κ3) is 3.33. The zero-order chi connectivity index (χ0) is 20.7. The zero-order valence-corrected chi connectivity index (χ0v) is 17.0. The molecule has 8 nitrogen and oxygen atoms in total. The van der Waals surface area contributed by atoms with E-state index < -0.39 is 0 Å². The molecule has 0 spiro atoms. The van der Waals surface area contributed by atoms with Crippen LogP contribution in [0.4, 0.5) is 11.6 Å². The van der Waals surface area contributed by atoms with E-state index in [0.717, 1.165) is 25.2 Å². The lowest BCUT2D eigenvalue weighted by Gasteiger charge is -2.38. The minimum Gasteiger partial charge on any atom is -0.381 e. The largest absolute Gasteiger partial charge is 0.381 e. The van der Waals surface area contributed by atoms with Gasteiger partial charge in [0.05, 0.1) is 0 Å².